The molecule has 0 saturated carbocycles. The molecular formula is C22H30N2O4S. The first-order valence-electron chi connectivity index (χ1n) is 9.88. The molecule has 0 aliphatic rings. The Morgan fingerprint density at radius 2 is 1.62 bits per heavy atom. The largest absolute Gasteiger partial charge is 0.494 e. The Morgan fingerprint density at radius 1 is 1.00 bits per heavy atom. The number of ether oxygens (including phenoxy) is 1. The molecule has 0 aliphatic carbocycles. The van der Waals surface area contributed by atoms with Crippen molar-refractivity contribution in [3.63, 3.8) is 0 Å². The minimum atomic E-state index is -3.41. The number of hydrogen-bond acceptors (Lipinski definition) is 4. The van der Waals surface area contributed by atoms with Crippen molar-refractivity contribution in [3.8, 4) is 5.75 Å². The molecule has 0 spiro atoms. The zero-order chi connectivity index (χ0) is 21.3. The van der Waals surface area contributed by atoms with Crippen LogP contribution in [-0.4, -0.2) is 33.7 Å². The summed E-state index contributed by atoms with van der Waals surface area (Å²) in [7, 11) is -3.41. The van der Waals surface area contributed by atoms with E-state index < -0.39 is 10.0 Å². The fraction of sp³-hybridized carbons (Fsp3) is 0.409. The molecule has 0 bridgehead atoms. The molecule has 7 heteroatoms. The molecule has 0 aliphatic heterocycles. The van der Waals surface area contributed by atoms with Crippen molar-refractivity contribution in [1.29, 1.82) is 0 Å². The number of nitrogens with one attached hydrogen (secondary N) is 1. The number of anilines is 1. The van der Waals surface area contributed by atoms with Gasteiger partial charge in [0.05, 0.1) is 18.6 Å². The van der Waals surface area contributed by atoms with Gasteiger partial charge >= 0.3 is 0 Å². The van der Waals surface area contributed by atoms with Gasteiger partial charge in [0, 0.05) is 19.5 Å². The number of carbonyl (C=O) groups excluding carboxylic acids is 1. The van der Waals surface area contributed by atoms with Gasteiger partial charge in [0.2, 0.25) is 15.9 Å². The lowest BCUT2D eigenvalue weighted by molar-refractivity contribution is -0.121. The number of rotatable bonds is 11. The van der Waals surface area contributed by atoms with E-state index in [9.17, 15) is 13.2 Å². The first kappa shape index (κ1) is 22.7. The smallest absolute Gasteiger partial charge is 0.232 e. The van der Waals surface area contributed by atoms with E-state index in [1.807, 2.05) is 55.5 Å². The molecule has 2 aromatic carbocycles. The van der Waals surface area contributed by atoms with Crippen molar-refractivity contribution in [3.05, 3.63) is 59.7 Å². The van der Waals surface area contributed by atoms with Gasteiger partial charge < -0.3 is 10.1 Å². The van der Waals surface area contributed by atoms with Crippen LogP contribution in [0.5, 0.6) is 5.75 Å². The summed E-state index contributed by atoms with van der Waals surface area (Å²) in [5.74, 6) is 0.698. The van der Waals surface area contributed by atoms with Crippen LogP contribution in [0.3, 0.4) is 0 Å². The van der Waals surface area contributed by atoms with Gasteiger partial charge in [-0.3, -0.25) is 9.10 Å². The van der Waals surface area contributed by atoms with Crippen molar-refractivity contribution in [2.24, 2.45) is 0 Å². The molecule has 1 N–H and O–H groups in total. The van der Waals surface area contributed by atoms with E-state index in [0.717, 1.165) is 23.3 Å². The van der Waals surface area contributed by atoms with E-state index in [-0.39, 0.29) is 18.9 Å². The van der Waals surface area contributed by atoms with E-state index in [1.165, 1.54) is 10.6 Å². The zero-order valence-electron chi connectivity index (χ0n) is 17.3. The minimum Gasteiger partial charge on any atom is -0.494 e. The van der Waals surface area contributed by atoms with Crippen LogP contribution in [0.15, 0.2) is 48.5 Å². The zero-order valence-corrected chi connectivity index (χ0v) is 18.2. The predicted molar refractivity (Wildman–Crippen MR) is 117 cm³/mol. The SMILES string of the molecule is CCOc1ccc(CNC(=O)CCCN(c2ccc(CC)cc2)S(C)(=O)=O)cc1. The maximum atomic E-state index is 12.2. The van der Waals surface area contributed by atoms with E-state index in [4.69, 9.17) is 4.74 Å². The Bertz CT molecular complexity index is 878. The highest BCUT2D eigenvalue weighted by Crippen LogP contribution is 2.19. The summed E-state index contributed by atoms with van der Waals surface area (Å²) in [5.41, 5.74) is 2.76. The Labute approximate surface area is 173 Å². The molecule has 2 aromatic rings. The van der Waals surface area contributed by atoms with Crippen molar-refractivity contribution >= 4 is 21.6 Å². The van der Waals surface area contributed by atoms with Gasteiger partial charge in [-0.25, -0.2) is 8.42 Å². The van der Waals surface area contributed by atoms with E-state index in [2.05, 4.69) is 12.2 Å². The standard InChI is InChI=1S/C22H30N2O4S/c1-4-18-8-12-20(13-9-18)24(29(3,26)27)16-6-7-22(25)23-17-19-10-14-21(15-11-19)28-5-2/h8-15H,4-7,16-17H2,1-3H3,(H,23,25). The van der Waals surface area contributed by atoms with Crippen LogP contribution >= 0.6 is 0 Å². The number of hydrogen-bond donors (Lipinski definition) is 1. The molecule has 0 atom stereocenters. The molecule has 0 unspecified atom stereocenters. The van der Waals surface area contributed by atoms with Gasteiger partial charge in [-0.05, 0) is 55.2 Å². The summed E-state index contributed by atoms with van der Waals surface area (Å²) >= 11 is 0. The van der Waals surface area contributed by atoms with Crippen LogP contribution in [0.25, 0.3) is 0 Å². The Morgan fingerprint density at radius 3 is 2.17 bits per heavy atom. The molecule has 0 saturated heterocycles. The normalized spacial score (nSPS) is 11.1. The fourth-order valence-corrected chi connectivity index (χ4v) is 3.89. The van der Waals surface area contributed by atoms with Gasteiger partial charge in [0.1, 0.15) is 5.75 Å². The third-order valence-corrected chi connectivity index (χ3v) is 5.72. The van der Waals surface area contributed by atoms with Crippen molar-refractivity contribution < 1.29 is 17.9 Å². The van der Waals surface area contributed by atoms with Crippen molar-refractivity contribution in [2.45, 2.75) is 39.7 Å². The quantitative estimate of drug-likeness (QED) is 0.606. The maximum absolute atomic E-state index is 12.2. The monoisotopic (exact) mass is 418 g/mol. The predicted octanol–water partition coefficient (Wildman–Crippen LogP) is 3.51. The summed E-state index contributed by atoms with van der Waals surface area (Å²) in [6, 6.07) is 15.1. The second-order valence-corrected chi connectivity index (χ2v) is 8.72. The highest BCUT2D eigenvalue weighted by molar-refractivity contribution is 7.92. The molecule has 2 rings (SSSR count). The van der Waals surface area contributed by atoms with Gasteiger partial charge in [0.25, 0.3) is 0 Å². The van der Waals surface area contributed by atoms with Crippen molar-refractivity contribution in [1.82, 2.24) is 5.32 Å². The summed E-state index contributed by atoms with van der Waals surface area (Å²) in [5, 5.41) is 2.87. The number of benzene rings is 2. The number of aryl methyl sites for hydroxylation is 1. The Hall–Kier alpha value is -2.54. The Kier molecular flexibility index (Phi) is 8.51. The second-order valence-electron chi connectivity index (χ2n) is 6.81. The molecular weight excluding hydrogens is 388 g/mol. The maximum Gasteiger partial charge on any atom is 0.232 e. The average Bonchev–Trinajstić information content (AvgIpc) is 2.70. The number of nitrogens with zero attached hydrogens (tertiary/aromatic N) is 1. The van der Waals surface area contributed by atoms with E-state index in [0.29, 0.717) is 25.3 Å². The molecule has 0 radical (unpaired) electrons. The number of amides is 1. The van der Waals surface area contributed by atoms with Gasteiger partial charge in [-0.15, -0.1) is 0 Å². The highest BCUT2D eigenvalue weighted by atomic mass is 32.2. The number of carbonyl (C=O) groups is 1. The fourth-order valence-electron chi connectivity index (χ4n) is 2.93. The van der Waals surface area contributed by atoms with Crippen LogP contribution < -0.4 is 14.4 Å². The molecule has 6 nitrogen and oxygen atoms in total. The molecule has 0 fully saturated rings. The first-order chi connectivity index (χ1) is 13.8. The molecule has 29 heavy (non-hydrogen) atoms. The average molecular weight is 419 g/mol. The molecule has 0 heterocycles. The lowest BCUT2D eigenvalue weighted by atomic mass is 10.1. The molecule has 1 amide bonds. The summed E-state index contributed by atoms with van der Waals surface area (Å²) in [6.07, 6.45) is 2.79. The third kappa shape index (κ3) is 7.42. The summed E-state index contributed by atoms with van der Waals surface area (Å²) in [6.45, 7) is 5.29. The molecule has 158 valence electrons. The first-order valence-corrected chi connectivity index (χ1v) is 11.7. The summed E-state index contributed by atoms with van der Waals surface area (Å²) < 4.78 is 31.1. The van der Waals surface area contributed by atoms with Crippen molar-refractivity contribution in [2.75, 3.05) is 23.7 Å². The van der Waals surface area contributed by atoms with Gasteiger partial charge in [-0.1, -0.05) is 31.2 Å². The summed E-state index contributed by atoms with van der Waals surface area (Å²) in [4.78, 5) is 12.1. The van der Waals surface area contributed by atoms with Gasteiger partial charge in [-0.2, -0.15) is 0 Å². The lowest BCUT2D eigenvalue weighted by Crippen LogP contribution is -2.32. The van der Waals surface area contributed by atoms with Crippen LogP contribution in [0.2, 0.25) is 0 Å². The van der Waals surface area contributed by atoms with Crippen LogP contribution in [0.1, 0.15) is 37.8 Å². The van der Waals surface area contributed by atoms with Crippen LogP contribution in [0, 0.1) is 0 Å². The van der Waals surface area contributed by atoms with E-state index >= 15 is 0 Å². The van der Waals surface area contributed by atoms with Gasteiger partial charge in [0.15, 0.2) is 0 Å². The second kappa shape index (κ2) is 10.9. The Balaban J connectivity index is 1.84. The topological polar surface area (TPSA) is 75.7 Å². The third-order valence-electron chi connectivity index (χ3n) is 4.52. The molecule has 0 aromatic heterocycles. The number of sulfonamides is 1. The van der Waals surface area contributed by atoms with Crippen LogP contribution in [0.4, 0.5) is 5.69 Å². The highest BCUT2D eigenvalue weighted by Gasteiger charge is 2.17. The van der Waals surface area contributed by atoms with Crippen LogP contribution in [-0.2, 0) is 27.8 Å². The lowest BCUT2D eigenvalue weighted by Gasteiger charge is -2.22. The van der Waals surface area contributed by atoms with E-state index in [1.54, 1.807) is 0 Å². The minimum absolute atomic E-state index is 0.103.